The summed E-state index contributed by atoms with van der Waals surface area (Å²) in [7, 11) is 0. The van der Waals surface area contributed by atoms with E-state index in [4.69, 9.17) is 5.73 Å². The largest absolute Gasteiger partial charge is 0.399 e. The Kier molecular flexibility index (Phi) is 3.97. The smallest absolute Gasteiger partial charge is 0.133 e. The van der Waals surface area contributed by atoms with E-state index >= 15 is 0 Å². The van der Waals surface area contributed by atoms with E-state index in [-0.39, 0.29) is 17.2 Å². The molecule has 128 valence electrons. The fourth-order valence-corrected chi connectivity index (χ4v) is 3.23. The van der Waals surface area contributed by atoms with Crippen LogP contribution in [0.4, 0.5) is 14.5 Å². The fraction of sp³-hybridized carbons (Fsp3) is 0.211. The van der Waals surface area contributed by atoms with Gasteiger partial charge in [-0.25, -0.2) is 13.8 Å². The highest BCUT2D eigenvalue weighted by Gasteiger charge is 2.19. The predicted molar refractivity (Wildman–Crippen MR) is 93.8 cm³/mol. The van der Waals surface area contributed by atoms with Crippen LogP contribution in [0.1, 0.15) is 24.7 Å². The molecule has 1 aromatic heterocycles. The van der Waals surface area contributed by atoms with Crippen LogP contribution in [0.15, 0.2) is 42.6 Å². The highest BCUT2D eigenvalue weighted by atomic mass is 19.1. The molecule has 6 heteroatoms. The fourth-order valence-electron chi connectivity index (χ4n) is 3.23. The number of aromatic amines is 1. The van der Waals surface area contributed by atoms with Crippen molar-refractivity contribution in [2.45, 2.75) is 18.9 Å². The van der Waals surface area contributed by atoms with Crippen LogP contribution in [0.25, 0.3) is 22.4 Å². The van der Waals surface area contributed by atoms with Crippen molar-refractivity contribution in [1.29, 1.82) is 0 Å². The quantitative estimate of drug-likeness (QED) is 0.631. The summed E-state index contributed by atoms with van der Waals surface area (Å²) < 4.78 is 28.6. The van der Waals surface area contributed by atoms with Gasteiger partial charge in [-0.15, -0.1) is 0 Å². The average Bonchev–Trinajstić information content (AvgIpc) is 3.27. The third-order valence-corrected chi connectivity index (χ3v) is 4.55. The van der Waals surface area contributed by atoms with Crippen molar-refractivity contribution in [2.75, 3.05) is 12.3 Å². The number of nitrogen functional groups attached to an aromatic ring is 1. The molecule has 1 aliphatic heterocycles. The number of H-pyrrole nitrogens is 1. The summed E-state index contributed by atoms with van der Waals surface area (Å²) in [5.41, 5.74) is 7.67. The molecule has 1 fully saturated rings. The van der Waals surface area contributed by atoms with Crippen LogP contribution in [0, 0.1) is 11.6 Å². The van der Waals surface area contributed by atoms with Gasteiger partial charge in [0.15, 0.2) is 0 Å². The maximum absolute atomic E-state index is 14.6. The van der Waals surface area contributed by atoms with Crippen molar-refractivity contribution in [2.24, 2.45) is 0 Å². The summed E-state index contributed by atoms with van der Waals surface area (Å²) in [5.74, 6) is -0.166. The maximum atomic E-state index is 14.6. The minimum absolute atomic E-state index is 0.193. The summed E-state index contributed by atoms with van der Waals surface area (Å²) >= 11 is 0. The third kappa shape index (κ3) is 3.00. The molecule has 4 rings (SSSR count). The van der Waals surface area contributed by atoms with Gasteiger partial charge in [0, 0.05) is 22.4 Å². The van der Waals surface area contributed by atoms with Gasteiger partial charge in [0.2, 0.25) is 0 Å². The predicted octanol–water partition coefficient (Wildman–Crippen LogP) is 4.03. The van der Waals surface area contributed by atoms with E-state index in [0.717, 1.165) is 30.9 Å². The lowest BCUT2D eigenvalue weighted by Crippen LogP contribution is -2.14. The first-order valence-corrected chi connectivity index (χ1v) is 8.25. The van der Waals surface area contributed by atoms with Gasteiger partial charge >= 0.3 is 0 Å². The molecule has 0 unspecified atom stereocenters. The molecule has 25 heavy (non-hydrogen) atoms. The molecule has 1 aliphatic rings. The molecule has 2 heterocycles. The topological polar surface area (TPSA) is 66.7 Å². The average molecular weight is 340 g/mol. The van der Waals surface area contributed by atoms with E-state index in [0.29, 0.717) is 11.3 Å². The standard InChI is InChI=1S/C19H18F2N4/c20-15-8-11(18-10-24-19(25-18)17-2-1-7-23-17)3-5-13(15)14-6-4-12(22)9-16(14)21/h3-6,8-10,17,23H,1-2,7,22H2,(H,24,25)/t17-/m0/s1. The number of imidazole rings is 1. The van der Waals surface area contributed by atoms with Crippen LogP contribution in [0.3, 0.4) is 0 Å². The number of nitrogens with two attached hydrogens (primary N) is 1. The lowest BCUT2D eigenvalue weighted by Gasteiger charge is -2.08. The molecule has 4 N–H and O–H groups in total. The number of halogens is 2. The van der Waals surface area contributed by atoms with Gasteiger partial charge < -0.3 is 16.0 Å². The van der Waals surface area contributed by atoms with E-state index < -0.39 is 11.6 Å². The van der Waals surface area contributed by atoms with Crippen molar-refractivity contribution in [3.63, 3.8) is 0 Å². The Hall–Kier alpha value is -2.73. The van der Waals surface area contributed by atoms with E-state index in [9.17, 15) is 8.78 Å². The number of benzene rings is 2. The van der Waals surface area contributed by atoms with Crippen molar-refractivity contribution in [1.82, 2.24) is 15.3 Å². The van der Waals surface area contributed by atoms with E-state index in [2.05, 4.69) is 15.3 Å². The summed E-state index contributed by atoms with van der Waals surface area (Å²) in [6, 6.07) is 9.19. The molecule has 0 amide bonds. The van der Waals surface area contributed by atoms with Gasteiger partial charge in [-0.1, -0.05) is 12.1 Å². The number of hydrogen-bond donors (Lipinski definition) is 3. The van der Waals surface area contributed by atoms with Crippen molar-refractivity contribution < 1.29 is 8.78 Å². The minimum Gasteiger partial charge on any atom is -0.399 e. The molecule has 0 bridgehead atoms. The Morgan fingerprint density at radius 2 is 1.80 bits per heavy atom. The Morgan fingerprint density at radius 3 is 2.48 bits per heavy atom. The Bertz CT molecular complexity index is 914. The highest BCUT2D eigenvalue weighted by molar-refractivity contribution is 5.71. The zero-order chi connectivity index (χ0) is 17.4. The summed E-state index contributed by atoms with van der Waals surface area (Å²) in [5, 5.41) is 3.37. The number of rotatable bonds is 3. The van der Waals surface area contributed by atoms with Gasteiger partial charge in [-0.3, -0.25) is 0 Å². The number of aromatic nitrogens is 2. The molecule has 4 nitrogen and oxygen atoms in total. The van der Waals surface area contributed by atoms with Crippen molar-refractivity contribution in [3.8, 4) is 22.4 Å². The van der Waals surface area contributed by atoms with Gasteiger partial charge in [0.1, 0.15) is 17.5 Å². The van der Waals surface area contributed by atoms with Crippen molar-refractivity contribution in [3.05, 3.63) is 60.1 Å². The maximum Gasteiger partial charge on any atom is 0.133 e. The SMILES string of the molecule is Nc1ccc(-c2ccc(-c3cnc([C@@H]4CCCN4)[nH]3)cc2F)c(F)c1. The first-order valence-electron chi connectivity index (χ1n) is 8.25. The van der Waals surface area contributed by atoms with Gasteiger partial charge in [0.05, 0.1) is 17.9 Å². The summed E-state index contributed by atoms with van der Waals surface area (Å²) in [6.07, 6.45) is 3.86. The van der Waals surface area contributed by atoms with Crippen LogP contribution >= 0.6 is 0 Å². The zero-order valence-corrected chi connectivity index (χ0v) is 13.5. The normalized spacial score (nSPS) is 17.1. The van der Waals surface area contributed by atoms with E-state index in [1.54, 1.807) is 24.4 Å². The Morgan fingerprint density at radius 1 is 1.04 bits per heavy atom. The summed E-state index contributed by atoms with van der Waals surface area (Å²) in [4.78, 5) is 7.64. The number of nitrogens with one attached hydrogen (secondary N) is 2. The molecule has 1 saturated heterocycles. The number of anilines is 1. The minimum atomic E-state index is -0.539. The molecule has 0 spiro atoms. The number of hydrogen-bond acceptors (Lipinski definition) is 3. The van der Waals surface area contributed by atoms with Crippen LogP contribution < -0.4 is 11.1 Å². The highest BCUT2D eigenvalue weighted by Crippen LogP contribution is 2.30. The van der Waals surface area contributed by atoms with Crippen LogP contribution in [0.2, 0.25) is 0 Å². The van der Waals surface area contributed by atoms with E-state index in [1.807, 2.05) is 0 Å². The lowest BCUT2D eigenvalue weighted by atomic mass is 10.0. The molecular weight excluding hydrogens is 322 g/mol. The molecule has 3 aromatic rings. The first-order chi connectivity index (χ1) is 12.1. The third-order valence-electron chi connectivity index (χ3n) is 4.55. The van der Waals surface area contributed by atoms with Gasteiger partial charge in [-0.05, 0) is 43.7 Å². The molecular formula is C19H18F2N4. The van der Waals surface area contributed by atoms with Crippen LogP contribution in [0.5, 0.6) is 0 Å². The zero-order valence-electron chi connectivity index (χ0n) is 13.5. The molecule has 1 atom stereocenters. The molecule has 0 radical (unpaired) electrons. The monoisotopic (exact) mass is 340 g/mol. The number of nitrogens with zero attached hydrogens (tertiary/aromatic N) is 1. The lowest BCUT2D eigenvalue weighted by molar-refractivity contribution is 0.612. The molecule has 0 saturated carbocycles. The van der Waals surface area contributed by atoms with Gasteiger partial charge in [-0.2, -0.15) is 0 Å². The van der Waals surface area contributed by atoms with Crippen LogP contribution in [-0.2, 0) is 0 Å². The second kappa shape index (κ2) is 6.29. The Labute approximate surface area is 144 Å². The molecule has 0 aliphatic carbocycles. The molecule has 2 aromatic carbocycles. The van der Waals surface area contributed by atoms with E-state index in [1.165, 1.54) is 18.2 Å². The Balaban J connectivity index is 1.65. The van der Waals surface area contributed by atoms with Crippen LogP contribution in [-0.4, -0.2) is 16.5 Å². The first kappa shape index (κ1) is 15.8. The summed E-state index contributed by atoms with van der Waals surface area (Å²) in [6.45, 7) is 0.983. The second-order valence-corrected chi connectivity index (χ2v) is 6.26. The van der Waals surface area contributed by atoms with Gasteiger partial charge in [0.25, 0.3) is 0 Å². The van der Waals surface area contributed by atoms with Crippen molar-refractivity contribution >= 4 is 5.69 Å². The second-order valence-electron chi connectivity index (χ2n) is 6.26.